The number of likely N-dealkylation sites (N-methyl/N-ethyl adjacent to an activating group) is 1. The zero-order valence-electron chi connectivity index (χ0n) is 24.8. The second-order valence-corrected chi connectivity index (χ2v) is 11.4. The van der Waals surface area contributed by atoms with Gasteiger partial charge in [0.15, 0.2) is 0 Å². The maximum absolute atomic E-state index is 13.5. The van der Waals surface area contributed by atoms with Gasteiger partial charge in [-0.15, -0.1) is 0 Å². The number of anilines is 1. The summed E-state index contributed by atoms with van der Waals surface area (Å²) in [5, 5.41) is 0. The molecule has 2 fully saturated rings. The summed E-state index contributed by atoms with van der Waals surface area (Å²) in [6.45, 7) is 8.19. The second kappa shape index (κ2) is 15.1. The quantitative estimate of drug-likeness (QED) is 0.221. The highest BCUT2D eigenvalue weighted by atomic mass is 16.5. The number of carbonyl (C=O) groups is 2. The predicted octanol–water partition coefficient (Wildman–Crippen LogP) is 5.79. The minimum Gasteiger partial charge on any atom is -0.497 e. The Bertz CT molecular complexity index is 1050. The molecule has 7 nitrogen and oxygen atoms in total. The van der Waals surface area contributed by atoms with Crippen LogP contribution < -0.4 is 9.64 Å². The molecule has 2 unspecified atom stereocenters. The molecular weight excluding hydrogens is 500 g/mol. The highest BCUT2D eigenvalue weighted by Crippen LogP contribution is 2.37. The van der Waals surface area contributed by atoms with Gasteiger partial charge in [0.2, 0.25) is 0 Å². The van der Waals surface area contributed by atoms with Gasteiger partial charge in [0.05, 0.1) is 7.11 Å². The molecule has 2 aromatic rings. The van der Waals surface area contributed by atoms with Gasteiger partial charge >= 0.3 is 6.03 Å². The summed E-state index contributed by atoms with van der Waals surface area (Å²) >= 11 is 0. The van der Waals surface area contributed by atoms with E-state index in [-0.39, 0.29) is 12.1 Å². The fourth-order valence-electron chi connectivity index (χ4n) is 6.23. The Morgan fingerprint density at radius 2 is 1.73 bits per heavy atom. The van der Waals surface area contributed by atoms with Gasteiger partial charge in [-0.25, -0.2) is 4.79 Å². The van der Waals surface area contributed by atoms with E-state index in [0.717, 1.165) is 70.4 Å². The standard InChI is InChI=1S/C33H48N4O3/c1-4-36(33(39)34(2)31-16-11-29(25-31)28-12-17-32(40-3)18-13-28)23-22-35(19-7-8-24-38)26-27-9-14-30(15-10-27)37-20-5-6-21-37/h9-10,12-15,17-18,24,29,31H,4-8,11,16,19-23,25-26H2,1-3H3. The van der Waals surface area contributed by atoms with Crippen LogP contribution in [-0.4, -0.2) is 86.5 Å². The smallest absolute Gasteiger partial charge is 0.320 e. The van der Waals surface area contributed by atoms with Gasteiger partial charge in [0.1, 0.15) is 12.0 Å². The molecule has 1 aliphatic heterocycles. The number of benzene rings is 2. The lowest BCUT2D eigenvalue weighted by molar-refractivity contribution is -0.108. The van der Waals surface area contributed by atoms with Crippen molar-refractivity contribution in [2.24, 2.45) is 0 Å². The summed E-state index contributed by atoms with van der Waals surface area (Å²) in [6, 6.07) is 17.7. The van der Waals surface area contributed by atoms with E-state index in [4.69, 9.17) is 4.74 Å². The van der Waals surface area contributed by atoms with Crippen molar-refractivity contribution in [1.82, 2.24) is 14.7 Å². The molecule has 1 saturated carbocycles. The van der Waals surface area contributed by atoms with Crippen LogP contribution in [0.15, 0.2) is 48.5 Å². The van der Waals surface area contributed by atoms with Gasteiger partial charge in [0.25, 0.3) is 0 Å². The number of hydrogen-bond acceptors (Lipinski definition) is 5. The maximum Gasteiger partial charge on any atom is 0.320 e. The maximum atomic E-state index is 13.5. The van der Waals surface area contributed by atoms with Crippen molar-refractivity contribution >= 4 is 18.0 Å². The Balaban J connectivity index is 1.31. The van der Waals surface area contributed by atoms with E-state index < -0.39 is 0 Å². The van der Waals surface area contributed by atoms with Crippen molar-refractivity contribution in [1.29, 1.82) is 0 Å². The van der Waals surface area contributed by atoms with Gasteiger partial charge in [-0.1, -0.05) is 24.3 Å². The minimum atomic E-state index is 0.116. The van der Waals surface area contributed by atoms with Crippen LogP contribution in [0.1, 0.15) is 68.9 Å². The number of urea groups is 1. The normalized spacial score (nSPS) is 18.8. The summed E-state index contributed by atoms with van der Waals surface area (Å²) in [6.07, 6.45) is 8.09. The summed E-state index contributed by atoms with van der Waals surface area (Å²) in [7, 11) is 3.66. The van der Waals surface area contributed by atoms with E-state index in [0.29, 0.717) is 25.4 Å². The van der Waals surface area contributed by atoms with Crippen LogP contribution in [0.2, 0.25) is 0 Å². The molecule has 4 rings (SSSR count). The number of ether oxygens (including phenoxy) is 1. The SMILES string of the molecule is CCN(CCN(CCCC=O)Cc1ccc(N2CCCC2)cc1)C(=O)N(C)C1CCC(c2ccc(OC)cc2)C1. The first-order valence-corrected chi connectivity index (χ1v) is 15.2. The monoisotopic (exact) mass is 548 g/mol. The number of methoxy groups -OCH3 is 1. The average Bonchev–Trinajstić information content (AvgIpc) is 3.71. The molecule has 40 heavy (non-hydrogen) atoms. The zero-order chi connectivity index (χ0) is 28.3. The summed E-state index contributed by atoms with van der Waals surface area (Å²) in [5.41, 5.74) is 3.91. The van der Waals surface area contributed by atoms with E-state index >= 15 is 0 Å². The van der Waals surface area contributed by atoms with E-state index in [1.165, 1.54) is 29.7 Å². The molecule has 1 saturated heterocycles. The molecule has 1 aliphatic carbocycles. The molecule has 1 heterocycles. The number of nitrogens with zero attached hydrogens (tertiary/aromatic N) is 4. The Hall–Kier alpha value is -3.06. The summed E-state index contributed by atoms with van der Waals surface area (Å²) in [4.78, 5) is 33.3. The van der Waals surface area contributed by atoms with Crippen molar-refractivity contribution < 1.29 is 14.3 Å². The molecule has 2 aliphatic rings. The first kappa shape index (κ1) is 29.9. The van der Waals surface area contributed by atoms with Gasteiger partial charge < -0.3 is 24.2 Å². The van der Waals surface area contributed by atoms with Crippen LogP contribution in [0.3, 0.4) is 0 Å². The number of aldehydes is 1. The Morgan fingerprint density at radius 3 is 2.38 bits per heavy atom. The third-order valence-electron chi connectivity index (χ3n) is 8.79. The average molecular weight is 549 g/mol. The van der Waals surface area contributed by atoms with Crippen LogP contribution in [0, 0.1) is 0 Å². The van der Waals surface area contributed by atoms with Crippen molar-refractivity contribution in [2.45, 2.75) is 70.4 Å². The molecule has 2 aromatic carbocycles. The van der Waals surface area contributed by atoms with E-state index in [2.05, 4.69) is 53.1 Å². The molecule has 0 bridgehead atoms. The lowest BCUT2D eigenvalue weighted by Crippen LogP contribution is -2.47. The molecule has 0 spiro atoms. The van der Waals surface area contributed by atoms with E-state index in [1.54, 1.807) is 7.11 Å². The fourth-order valence-corrected chi connectivity index (χ4v) is 6.23. The predicted molar refractivity (Wildman–Crippen MR) is 162 cm³/mol. The lowest BCUT2D eigenvalue weighted by Gasteiger charge is -2.33. The van der Waals surface area contributed by atoms with Gasteiger partial charge in [-0.05, 0) is 93.3 Å². The molecule has 2 amide bonds. The lowest BCUT2D eigenvalue weighted by atomic mass is 9.97. The highest BCUT2D eigenvalue weighted by molar-refractivity contribution is 5.74. The fraction of sp³-hybridized carbons (Fsp3) is 0.576. The highest BCUT2D eigenvalue weighted by Gasteiger charge is 2.32. The van der Waals surface area contributed by atoms with E-state index in [1.807, 2.05) is 29.0 Å². The Labute approximate surface area is 241 Å². The van der Waals surface area contributed by atoms with Crippen LogP contribution in [-0.2, 0) is 11.3 Å². The zero-order valence-corrected chi connectivity index (χ0v) is 24.8. The van der Waals surface area contributed by atoms with Crippen LogP contribution >= 0.6 is 0 Å². The van der Waals surface area contributed by atoms with Crippen molar-refractivity contribution in [3.63, 3.8) is 0 Å². The molecule has 7 heteroatoms. The van der Waals surface area contributed by atoms with Crippen molar-refractivity contribution in [3.8, 4) is 5.75 Å². The molecule has 2 atom stereocenters. The third kappa shape index (κ3) is 8.00. The number of hydrogen-bond donors (Lipinski definition) is 0. The van der Waals surface area contributed by atoms with Crippen molar-refractivity contribution in [3.05, 3.63) is 59.7 Å². The largest absolute Gasteiger partial charge is 0.497 e. The number of amides is 2. The third-order valence-corrected chi connectivity index (χ3v) is 8.79. The van der Waals surface area contributed by atoms with E-state index in [9.17, 15) is 9.59 Å². The van der Waals surface area contributed by atoms with Crippen molar-refractivity contribution in [2.75, 3.05) is 58.3 Å². The number of carbonyl (C=O) groups excluding carboxylic acids is 2. The number of rotatable bonds is 14. The molecule has 0 radical (unpaired) electrons. The van der Waals surface area contributed by atoms with Gasteiger partial charge in [0, 0.05) is 64.5 Å². The first-order chi connectivity index (χ1) is 19.5. The van der Waals surface area contributed by atoms with Crippen LogP contribution in [0.4, 0.5) is 10.5 Å². The summed E-state index contributed by atoms with van der Waals surface area (Å²) < 4.78 is 5.31. The second-order valence-electron chi connectivity index (χ2n) is 11.4. The molecule has 0 N–H and O–H groups in total. The molecular formula is C33H48N4O3. The van der Waals surface area contributed by atoms with Crippen LogP contribution in [0.5, 0.6) is 5.75 Å². The Kier molecular flexibility index (Phi) is 11.3. The molecule has 0 aromatic heterocycles. The molecule has 218 valence electrons. The topological polar surface area (TPSA) is 56.3 Å². The Morgan fingerprint density at radius 1 is 1.00 bits per heavy atom. The minimum absolute atomic E-state index is 0.116. The first-order valence-electron chi connectivity index (χ1n) is 15.2. The number of unbranched alkanes of at least 4 members (excludes halogenated alkanes) is 1. The summed E-state index contributed by atoms with van der Waals surface area (Å²) in [5.74, 6) is 1.36. The van der Waals surface area contributed by atoms with Crippen LogP contribution in [0.25, 0.3) is 0 Å². The van der Waals surface area contributed by atoms with Gasteiger partial charge in [-0.3, -0.25) is 4.90 Å². The van der Waals surface area contributed by atoms with Gasteiger partial charge in [-0.2, -0.15) is 0 Å².